The Bertz CT molecular complexity index is 746. The second-order valence-corrected chi connectivity index (χ2v) is 6.77. The summed E-state index contributed by atoms with van der Waals surface area (Å²) >= 11 is 0. The molecule has 0 aromatic heterocycles. The van der Waals surface area contributed by atoms with Crippen LogP contribution in [-0.2, 0) is 6.54 Å². The van der Waals surface area contributed by atoms with E-state index in [1.54, 1.807) is 32.4 Å². The van der Waals surface area contributed by atoms with E-state index in [1.807, 2.05) is 12.1 Å². The number of methoxy groups -OCH3 is 2. The average molecular weight is 369 g/mol. The second kappa shape index (κ2) is 8.88. The van der Waals surface area contributed by atoms with E-state index in [0.29, 0.717) is 17.1 Å². The number of hydrogen-bond donors (Lipinski definition) is 1. The van der Waals surface area contributed by atoms with Gasteiger partial charge in [-0.25, -0.2) is 0 Å². The molecule has 1 aliphatic heterocycles. The molecule has 1 heterocycles. The van der Waals surface area contributed by atoms with Crippen molar-refractivity contribution in [1.82, 2.24) is 9.80 Å². The summed E-state index contributed by atoms with van der Waals surface area (Å²) in [6.45, 7) is 5.32. The zero-order valence-electron chi connectivity index (χ0n) is 16.2. The summed E-state index contributed by atoms with van der Waals surface area (Å²) in [7, 11) is 5.24. The lowest BCUT2D eigenvalue weighted by molar-refractivity contribution is 0.102. The lowest BCUT2D eigenvalue weighted by atomic mass is 10.1. The van der Waals surface area contributed by atoms with Crippen molar-refractivity contribution < 1.29 is 14.3 Å². The monoisotopic (exact) mass is 369 g/mol. The number of carbonyl (C=O) groups is 1. The maximum Gasteiger partial charge on any atom is 0.263 e. The fourth-order valence-corrected chi connectivity index (χ4v) is 3.23. The lowest BCUT2D eigenvalue weighted by Gasteiger charge is -2.32. The SMILES string of the molecule is COc1cccc(OC)c1C(=O)Nc1ccc(CN2CCN(C)CC2)cc1. The predicted molar refractivity (Wildman–Crippen MR) is 107 cm³/mol. The molecule has 1 N–H and O–H groups in total. The van der Waals surface area contributed by atoms with Crippen molar-refractivity contribution in [2.24, 2.45) is 0 Å². The average Bonchev–Trinajstić information content (AvgIpc) is 2.70. The molecule has 1 fully saturated rings. The fourth-order valence-electron chi connectivity index (χ4n) is 3.23. The molecule has 0 radical (unpaired) electrons. The Hall–Kier alpha value is -2.57. The first-order chi connectivity index (χ1) is 13.1. The molecule has 0 bridgehead atoms. The molecule has 0 atom stereocenters. The summed E-state index contributed by atoms with van der Waals surface area (Å²) in [4.78, 5) is 17.5. The van der Waals surface area contributed by atoms with Crippen molar-refractivity contribution >= 4 is 11.6 Å². The van der Waals surface area contributed by atoms with Gasteiger partial charge in [0.15, 0.2) is 0 Å². The van der Waals surface area contributed by atoms with Crippen LogP contribution in [0.25, 0.3) is 0 Å². The molecule has 144 valence electrons. The van der Waals surface area contributed by atoms with Gasteiger partial charge in [0.1, 0.15) is 17.1 Å². The highest BCUT2D eigenvalue weighted by Gasteiger charge is 2.18. The van der Waals surface area contributed by atoms with E-state index in [4.69, 9.17) is 9.47 Å². The van der Waals surface area contributed by atoms with Gasteiger partial charge in [0, 0.05) is 38.4 Å². The highest BCUT2D eigenvalue weighted by atomic mass is 16.5. The minimum absolute atomic E-state index is 0.254. The number of amides is 1. The van der Waals surface area contributed by atoms with Gasteiger partial charge >= 0.3 is 0 Å². The van der Waals surface area contributed by atoms with Gasteiger partial charge in [0.05, 0.1) is 14.2 Å². The van der Waals surface area contributed by atoms with Gasteiger partial charge in [0.25, 0.3) is 5.91 Å². The van der Waals surface area contributed by atoms with Gasteiger partial charge in [0.2, 0.25) is 0 Å². The second-order valence-electron chi connectivity index (χ2n) is 6.77. The molecule has 6 heteroatoms. The van der Waals surface area contributed by atoms with Crippen LogP contribution in [0.1, 0.15) is 15.9 Å². The summed E-state index contributed by atoms with van der Waals surface area (Å²) in [5.41, 5.74) is 2.38. The Labute approximate surface area is 160 Å². The van der Waals surface area contributed by atoms with Crippen LogP contribution in [0.2, 0.25) is 0 Å². The van der Waals surface area contributed by atoms with Gasteiger partial charge in [-0.05, 0) is 36.9 Å². The molecule has 0 spiro atoms. The van der Waals surface area contributed by atoms with Crippen molar-refractivity contribution in [3.8, 4) is 11.5 Å². The molecule has 1 saturated heterocycles. The van der Waals surface area contributed by atoms with Crippen LogP contribution in [0.3, 0.4) is 0 Å². The first-order valence-electron chi connectivity index (χ1n) is 9.13. The fraction of sp³-hybridized carbons (Fsp3) is 0.381. The van der Waals surface area contributed by atoms with Crippen LogP contribution in [-0.4, -0.2) is 63.2 Å². The van der Waals surface area contributed by atoms with Crippen LogP contribution in [0.4, 0.5) is 5.69 Å². The van der Waals surface area contributed by atoms with Crippen molar-refractivity contribution in [3.05, 3.63) is 53.6 Å². The van der Waals surface area contributed by atoms with E-state index >= 15 is 0 Å². The Balaban J connectivity index is 1.65. The number of rotatable bonds is 6. The normalized spacial score (nSPS) is 15.4. The minimum atomic E-state index is -0.254. The highest BCUT2D eigenvalue weighted by Crippen LogP contribution is 2.29. The van der Waals surface area contributed by atoms with Crippen molar-refractivity contribution in [1.29, 1.82) is 0 Å². The lowest BCUT2D eigenvalue weighted by Crippen LogP contribution is -2.43. The Morgan fingerprint density at radius 3 is 2.11 bits per heavy atom. The van der Waals surface area contributed by atoms with Crippen LogP contribution < -0.4 is 14.8 Å². The van der Waals surface area contributed by atoms with E-state index in [2.05, 4.69) is 34.3 Å². The number of carbonyl (C=O) groups excluding carboxylic acids is 1. The molecular formula is C21H27N3O3. The summed E-state index contributed by atoms with van der Waals surface area (Å²) in [6, 6.07) is 13.3. The van der Waals surface area contributed by atoms with Crippen molar-refractivity contribution in [2.45, 2.75) is 6.54 Å². The maximum atomic E-state index is 12.7. The smallest absolute Gasteiger partial charge is 0.263 e. The Morgan fingerprint density at radius 2 is 1.56 bits per heavy atom. The third-order valence-electron chi connectivity index (χ3n) is 4.87. The van der Waals surface area contributed by atoms with E-state index < -0.39 is 0 Å². The summed E-state index contributed by atoms with van der Waals surface area (Å²) in [5.74, 6) is 0.716. The molecule has 1 amide bonds. The number of hydrogen-bond acceptors (Lipinski definition) is 5. The summed E-state index contributed by atoms with van der Waals surface area (Å²) in [5, 5.41) is 2.93. The maximum absolute atomic E-state index is 12.7. The van der Waals surface area contributed by atoms with Crippen LogP contribution >= 0.6 is 0 Å². The van der Waals surface area contributed by atoms with Gasteiger partial charge in [-0.3, -0.25) is 9.69 Å². The number of nitrogens with one attached hydrogen (secondary N) is 1. The first kappa shape index (κ1) is 19.2. The molecule has 1 aliphatic rings. The van der Waals surface area contributed by atoms with Crippen molar-refractivity contribution in [3.63, 3.8) is 0 Å². The van der Waals surface area contributed by atoms with E-state index in [1.165, 1.54) is 5.56 Å². The van der Waals surface area contributed by atoms with Crippen molar-refractivity contribution in [2.75, 3.05) is 52.8 Å². The number of anilines is 1. The zero-order chi connectivity index (χ0) is 19.2. The number of likely N-dealkylation sites (N-methyl/N-ethyl adjacent to an activating group) is 1. The quantitative estimate of drug-likeness (QED) is 0.849. The molecular weight excluding hydrogens is 342 g/mol. The largest absolute Gasteiger partial charge is 0.496 e. The number of piperazine rings is 1. The number of benzene rings is 2. The van der Waals surface area contributed by atoms with Gasteiger partial charge in [-0.1, -0.05) is 18.2 Å². The topological polar surface area (TPSA) is 54.0 Å². The van der Waals surface area contributed by atoms with Crippen LogP contribution in [0.15, 0.2) is 42.5 Å². The minimum Gasteiger partial charge on any atom is -0.496 e. The van der Waals surface area contributed by atoms with E-state index in [-0.39, 0.29) is 5.91 Å². The predicted octanol–water partition coefficient (Wildman–Crippen LogP) is 2.70. The molecule has 0 saturated carbocycles. The van der Waals surface area contributed by atoms with Gasteiger partial charge < -0.3 is 19.7 Å². The number of ether oxygens (including phenoxy) is 2. The summed E-state index contributed by atoms with van der Waals surface area (Å²) in [6.07, 6.45) is 0. The third kappa shape index (κ3) is 4.78. The van der Waals surface area contributed by atoms with E-state index in [9.17, 15) is 4.79 Å². The molecule has 2 aromatic rings. The first-order valence-corrected chi connectivity index (χ1v) is 9.13. The third-order valence-corrected chi connectivity index (χ3v) is 4.87. The molecule has 6 nitrogen and oxygen atoms in total. The van der Waals surface area contributed by atoms with Crippen LogP contribution in [0, 0.1) is 0 Å². The standard InChI is InChI=1S/C21H27N3O3/c1-23-11-13-24(14-12-23)15-16-7-9-17(10-8-16)22-21(25)20-18(26-2)5-4-6-19(20)27-3/h4-10H,11-15H2,1-3H3,(H,22,25). The van der Waals surface area contributed by atoms with E-state index in [0.717, 1.165) is 38.4 Å². The molecule has 27 heavy (non-hydrogen) atoms. The molecule has 2 aromatic carbocycles. The summed E-state index contributed by atoms with van der Waals surface area (Å²) < 4.78 is 10.6. The molecule has 3 rings (SSSR count). The molecule has 0 unspecified atom stereocenters. The van der Waals surface area contributed by atoms with Crippen LogP contribution in [0.5, 0.6) is 11.5 Å². The number of nitrogens with zero attached hydrogens (tertiary/aromatic N) is 2. The Kier molecular flexibility index (Phi) is 6.32. The zero-order valence-corrected chi connectivity index (χ0v) is 16.2. The molecule has 0 aliphatic carbocycles. The van der Waals surface area contributed by atoms with Gasteiger partial charge in [-0.15, -0.1) is 0 Å². The highest BCUT2D eigenvalue weighted by molar-refractivity contribution is 6.08. The van der Waals surface area contributed by atoms with Gasteiger partial charge in [-0.2, -0.15) is 0 Å². The Morgan fingerprint density at radius 1 is 0.963 bits per heavy atom.